The first-order valence-electron chi connectivity index (χ1n) is 11.4. The van der Waals surface area contributed by atoms with E-state index in [0.29, 0.717) is 43.3 Å². The highest BCUT2D eigenvalue weighted by Crippen LogP contribution is 2.37. The predicted octanol–water partition coefficient (Wildman–Crippen LogP) is 6.57. The Morgan fingerprint density at radius 3 is 2.31 bits per heavy atom. The van der Waals surface area contributed by atoms with Crippen molar-refractivity contribution in [2.24, 2.45) is 0 Å². The summed E-state index contributed by atoms with van der Waals surface area (Å²) in [5.74, 6) is -0.412. The van der Waals surface area contributed by atoms with Crippen LogP contribution >= 0.6 is 0 Å². The highest BCUT2D eigenvalue weighted by atomic mass is 19.4. The van der Waals surface area contributed by atoms with E-state index in [0.717, 1.165) is 5.56 Å². The first-order valence-corrected chi connectivity index (χ1v) is 11.4. The van der Waals surface area contributed by atoms with E-state index >= 15 is 0 Å². The molecule has 1 aliphatic heterocycles. The van der Waals surface area contributed by atoms with Gasteiger partial charge in [0.2, 0.25) is 0 Å². The predicted molar refractivity (Wildman–Crippen MR) is 117 cm³/mol. The van der Waals surface area contributed by atoms with Gasteiger partial charge in [0.15, 0.2) is 0 Å². The number of hydrogen-bond donors (Lipinski definition) is 1. The molecule has 10 heteroatoms. The summed E-state index contributed by atoms with van der Waals surface area (Å²) < 4.78 is 84.8. The second kappa shape index (κ2) is 11.3. The molecule has 35 heavy (non-hydrogen) atoms. The van der Waals surface area contributed by atoms with Gasteiger partial charge in [-0.25, -0.2) is 0 Å². The van der Waals surface area contributed by atoms with Crippen LogP contribution in [0.15, 0.2) is 42.5 Å². The third-order valence-electron chi connectivity index (χ3n) is 5.54. The van der Waals surface area contributed by atoms with E-state index in [1.54, 1.807) is 29.2 Å². The lowest BCUT2D eigenvalue weighted by atomic mass is 10.0. The monoisotopic (exact) mass is 503 g/mol. The molecule has 1 atom stereocenters. The number of hydrogen-bond acceptors (Lipinski definition) is 3. The first kappa shape index (κ1) is 26.8. The molecule has 1 heterocycles. The summed E-state index contributed by atoms with van der Waals surface area (Å²) in [5, 5.41) is 8.79. The van der Waals surface area contributed by atoms with Crippen molar-refractivity contribution in [3.63, 3.8) is 0 Å². The molecule has 0 spiro atoms. The van der Waals surface area contributed by atoms with Crippen molar-refractivity contribution in [2.75, 3.05) is 13.1 Å². The maximum Gasteiger partial charge on any atom is 0.416 e. The minimum atomic E-state index is -4.76. The van der Waals surface area contributed by atoms with Gasteiger partial charge >= 0.3 is 18.3 Å². The molecule has 2 aromatic carbocycles. The van der Waals surface area contributed by atoms with Crippen LogP contribution in [0.5, 0.6) is 5.75 Å². The van der Waals surface area contributed by atoms with Gasteiger partial charge in [0, 0.05) is 26.1 Å². The molecule has 4 nitrogen and oxygen atoms in total. The summed E-state index contributed by atoms with van der Waals surface area (Å²) in [4.78, 5) is 12.3. The molecule has 1 saturated heterocycles. The van der Waals surface area contributed by atoms with Gasteiger partial charge in [0.25, 0.3) is 0 Å². The topological polar surface area (TPSA) is 49.8 Å². The SMILES string of the molecule is C1CC1.O=C(O)CCc1cccc(OC2CCN(Cc3cc(C(F)(F)F)ccc3C(F)(F)F)C2)c1. The summed E-state index contributed by atoms with van der Waals surface area (Å²) in [5.41, 5.74) is -1.85. The van der Waals surface area contributed by atoms with Gasteiger partial charge in [-0.15, -0.1) is 0 Å². The van der Waals surface area contributed by atoms with Crippen LogP contribution in [0.4, 0.5) is 26.3 Å². The molecule has 2 aromatic rings. The van der Waals surface area contributed by atoms with E-state index in [1.165, 1.54) is 19.3 Å². The van der Waals surface area contributed by atoms with Gasteiger partial charge in [-0.1, -0.05) is 31.4 Å². The number of nitrogens with zero attached hydrogens (tertiary/aromatic N) is 1. The number of likely N-dealkylation sites (tertiary alicyclic amines) is 1. The number of alkyl halides is 6. The minimum absolute atomic E-state index is 0.0286. The Morgan fingerprint density at radius 2 is 1.71 bits per heavy atom. The highest BCUT2D eigenvalue weighted by Gasteiger charge is 2.37. The average molecular weight is 503 g/mol. The van der Waals surface area contributed by atoms with Crippen molar-refractivity contribution in [3.8, 4) is 5.75 Å². The Balaban J connectivity index is 0.00000106. The fourth-order valence-electron chi connectivity index (χ4n) is 3.67. The van der Waals surface area contributed by atoms with Crippen molar-refractivity contribution in [1.29, 1.82) is 0 Å². The van der Waals surface area contributed by atoms with Gasteiger partial charge < -0.3 is 9.84 Å². The van der Waals surface area contributed by atoms with E-state index in [4.69, 9.17) is 9.84 Å². The van der Waals surface area contributed by atoms with Crippen molar-refractivity contribution < 1.29 is 41.0 Å². The molecule has 0 amide bonds. The van der Waals surface area contributed by atoms with Crippen molar-refractivity contribution >= 4 is 5.97 Å². The smallest absolute Gasteiger partial charge is 0.416 e. The number of ether oxygens (including phenoxy) is 1. The molecule has 1 unspecified atom stereocenters. The van der Waals surface area contributed by atoms with Gasteiger partial charge in [0.1, 0.15) is 11.9 Å². The van der Waals surface area contributed by atoms with Gasteiger partial charge in [-0.2, -0.15) is 26.3 Å². The normalized spacial score (nSPS) is 18.1. The van der Waals surface area contributed by atoms with Gasteiger partial charge in [-0.05, 0) is 54.3 Å². The zero-order chi connectivity index (χ0) is 25.6. The lowest BCUT2D eigenvalue weighted by molar-refractivity contribution is -0.142. The van der Waals surface area contributed by atoms with Crippen molar-refractivity contribution in [3.05, 3.63) is 64.7 Å². The number of aryl methyl sites for hydroxylation is 1. The number of rotatable bonds is 7. The summed E-state index contributed by atoms with van der Waals surface area (Å²) in [6.45, 7) is 0.348. The molecular formula is C25H27F6NO3. The Bertz CT molecular complexity index is 1000. The maximum absolute atomic E-state index is 13.3. The fourth-order valence-corrected chi connectivity index (χ4v) is 3.67. The van der Waals surface area contributed by atoms with Crippen LogP contribution in [0.25, 0.3) is 0 Å². The molecule has 1 aliphatic carbocycles. The lowest BCUT2D eigenvalue weighted by Gasteiger charge is -2.21. The van der Waals surface area contributed by atoms with Gasteiger partial charge in [-0.3, -0.25) is 9.69 Å². The molecule has 1 saturated carbocycles. The summed E-state index contributed by atoms with van der Waals surface area (Å²) in [7, 11) is 0. The summed E-state index contributed by atoms with van der Waals surface area (Å²) in [6.07, 6.45) is -4.53. The van der Waals surface area contributed by atoms with Crippen LogP contribution in [-0.4, -0.2) is 35.2 Å². The van der Waals surface area contributed by atoms with Crippen LogP contribution < -0.4 is 4.74 Å². The molecule has 1 N–H and O–H groups in total. The maximum atomic E-state index is 13.3. The lowest BCUT2D eigenvalue weighted by Crippen LogP contribution is -2.26. The molecule has 0 aromatic heterocycles. The van der Waals surface area contributed by atoms with Crippen LogP contribution in [0.2, 0.25) is 0 Å². The summed E-state index contributed by atoms with van der Waals surface area (Å²) >= 11 is 0. The minimum Gasteiger partial charge on any atom is -0.489 e. The average Bonchev–Trinajstić information content (AvgIpc) is 3.59. The van der Waals surface area contributed by atoms with Crippen LogP contribution in [-0.2, 0) is 30.1 Å². The molecule has 2 aliphatic rings. The van der Waals surface area contributed by atoms with Crippen LogP contribution in [0.3, 0.4) is 0 Å². The van der Waals surface area contributed by atoms with Crippen LogP contribution in [0, 0.1) is 0 Å². The second-order valence-corrected chi connectivity index (χ2v) is 8.73. The van der Waals surface area contributed by atoms with E-state index < -0.39 is 35.0 Å². The molecule has 192 valence electrons. The number of carboxylic acids is 1. The van der Waals surface area contributed by atoms with Gasteiger partial charge in [0.05, 0.1) is 11.1 Å². The summed E-state index contributed by atoms with van der Waals surface area (Å²) in [6, 6.07) is 8.37. The largest absolute Gasteiger partial charge is 0.489 e. The molecule has 0 radical (unpaired) electrons. The number of aliphatic carboxylic acids is 1. The Hall–Kier alpha value is -2.75. The van der Waals surface area contributed by atoms with E-state index in [9.17, 15) is 31.1 Å². The standard InChI is InChI=1S/C22H21F6NO3.C3H6/c23-21(24,25)16-5-6-19(22(26,27)28)15(11-16)12-29-9-8-18(13-29)32-17-3-1-2-14(10-17)4-7-20(30)31;1-2-3-1/h1-3,5-6,10-11,18H,4,7-9,12-13H2,(H,30,31);1-3H2. The van der Waals surface area contributed by atoms with E-state index in [1.807, 2.05) is 0 Å². The van der Waals surface area contributed by atoms with Crippen molar-refractivity contribution in [1.82, 2.24) is 4.90 Å². The van der Waals surface area contributed by atoms with E-state index in [2.05, 4.69) is 0 Å². The Kier molecular flexibility index (Phi) is 8.69. The fraction of sp³-hybridized carbons (Fsp3) is 0.480. The zero-order valence-electron chi connectivity index (χ0n) is 19.0. The number of carboxylic acid groups (broad SMARTS) is 1. The molecule has 4 rings (SSSR count). The van der Waals surface area contributed by atoms with E-state index in [-0.39, 0.29) is 25.6 Å². The third kappa shape index (κ3) is 8.76. The second-order valence-electron chi connectivity index (χ2n) is 8.73. The zero-order valence-corrected chi connectivity index (χ0v) is 19.0. The first-order chi connectivity index (χ1) is 16.4. The number of halogens is 6. The van der Waals surface area contributed by atoms with Crippen molar-refractivity contribution in [2.45, 2.75) is 63.5 Å². The quantitative estimate of drug-likeness (QED) is 0.435. The highest BCUT2D eigenvalue weighted by molar-refractivity contribution is 5.67. The third-order valence-corrected chi connectivity index (χ3v) is 5.54. The Labute approximate surface area is 199 Å². The number of benzene rings is 2. The number of carbonyl (C=O) groups is 1. The Morgan fingerprint density at radius 1 is 1.00 bits per heavy atom. The molecule has 2 fully saturated rings. The van der Waals surface area contributed by atoms with Crippen LogP contribution in [0.1, 0.15) is 54.4 Å². The molecular weight excluding hydrogens is 476 g/mol. The molecule has 0 bridgehead atoms.